The Kier molecular flexibility index (Phi) is 18.3. The van der Waals surface area contributed by atoms with Crippen LogP contribution in [0.3, 0.4) is 0 Å². The van der Waals surface area contributed by atoms with Crippen LogP contribution in [0.5, 0.6) is 11.5 Å². The van der Waals surface area contributed by atoms with Crippen LogP contribution in [0.15, 0.2) is 18.2 Å². The molecule has 2 N–H and O–H groups in total. The van der Waals surface area contributed by atoms with E-state index < -0.39 is 6.16 Å². The number of phenolic OH excluding ortho intramolecular Hbond substituents is 1. The summed E-state index contributed by atoms with van der Waals surface area (Å²) in [4.78, 5) is 10.8. The van der Waals surface area contributed by atoms with Gasteiger partial charge in [-0.15, -0.1) is 0 Å². The molecule has 0 heterocycles. The standard InChI is InChI=1S/C28H48O6/c1-3-5-7-9-11-15-22-32-26(33-23-16-12-10-8-6-4-2)21-14-13-18-24-19-17-20-25(27(24)29)34-28(30)31/h17,19-20,26,29H,3-16,18,21-23H2,1-2H3,(H,30,31). The second kappa shape index (κ2) is 20.6. The lowest BCUT2D eigenvalue weighted by Gasteiger charge is -2.19. The van der Waals surface area contributed by atoms with Crippen molar-refractivity contribution in [3.63, 3.8) is 0 Å². The molecule has 0 saturated heterocycles. The van der Waals surface area contributed by atoms with Gasteiger partial charge in [-0.1, -0.05) is 90.2 Å². The molecule has 196 valence electrons. The quantitative estimate of drug-likeness (QED) is 0.0752. The third-order valence-corrected chi connectivity index (χ3v) is 6.02. The average Bonchev–Trinajstić information content (AvgIpc) is 2.81. The molecule has 0 spiro atoms. The summed E-state index contributed by atoms with van der Waals surface area (Å²) in [6, 6.07) is 4.95. The number of hydrogen-bond donors (Lipinski definition) is 2. The molecule has 6 heteroatoms. The first-order valence-electron chi connectivity index (χ1n) is 13.5. The second-order valence-electron chi connectivity index (χ2n) is 9.08. The summed E-state index contributed by atoms with van der Waals surface area (Å²) in [7, 11) is 0. The molecular formula is C28H48O6. The summed E-state index contributed by atoms with van der Waals surface area (Å²) >= 11 is 0. The van der Waals surface area contributed by atoms with Crippen molar-refractivity contribution in [1.82, 2.24) is 0 Å². The molecule has 0 saturated carbocycles. The van der Waals surface area contributed by atoms with Gasteiger partial charge in [0.1, 0.15) is 0 Å². The number of unbranched alkanes of at least 4 members (excludes halogenated alkanes) is 11. The molecule has 0 radical (unpaired) electrons. The van der Waals surface area contributed by atoms with E-state index in [0.717, 1.165) is 45.3 Å². The van der Waals surface area contributed by atoms with Crippen molar-refractivity contribution < 1.29 is 29.2 Å². The molecule has 0 aliphatic carbocycles. The van der Waals surface area contributed by atoms with Crippen molar-refractivity contribution in [3.8, 4) is 11.5 Å². The van der Waals surface area contributed by atoms with Gasteiger partial charge in [0, 0.05) is 13.2 Å². The van der Waals surface area contributed by atoms with Gasteiger partial charge in [-0.3, -0.25) is 0 Å². The summed E-state index contributed by atoms with van der Waals surface area (Å²) in [6.07, 6.45) is 16.5. The van der Waals surface area contributed by atoms with Crippen molar-refractivity contribution >= 4 is 6.16 Å². The Morgan fingerprint density at radius 3 is 1.91 bits per heavy atom. The zero-order chi connectivity index (χ0) is 24.9. The van der Waals surface area contributed by atoms with Gasteiger partial charge in [0.2, 0.25) is 0 Å². The topological polar surface area (TPSA) is 85.2 Å². The fraction of sp³-hybridized carbons (Fsp3) is 0.750. The van der Waals surface area contributed by atoms with Crippen molar-refractivity contribution in [2.75, 3.05) is 13.2 Å². The number of phenols is 1. The van der Waals surface area contributed by atoms with Gasteiger partial charge in [-0.25, -0.2) is 4.79 Å². The van der Waals surface area contributed by atoms with E-state index >= 15 is 0 Å². The second-order valence-corrected chi connectivity index (χ2v) is 9.08. The van der Waals surface area contributed by atoms with Crippen LogP contribution in [-0.4, -0.2) is 35.9 Å². The van der Waals surface area contributed by atoms with E-state index in [-0.39, 0.29) is 17.8 Å². The van der Waals surface area contributed by atoms with Gasteiger partial charge < -0.3 is 24.4 Å². The van der Waals surface area contributed by atoms with Crippen molar-refractivity contribution in [1.29, 1.82) is 0 Å². The molecule has 6 nitrogen and oxygen atoms in total. The lowest BCUT2D eigenvalue weighted by atomic mass is 10.1. The molecule has 0 amide bonds. The fourth-order valence-corrected chi connectivity index (χ4v) is 3.98. The van der Waals surface area contributed by atoms with Crippen LogP contribution >= 0.6 is 0 Å². The zero-order valence-electron chi connectivity index (χ0n) is 21.6. The number of rotatable bonds is 22. The normalized spacial score (nSPS) is 11.3. The van der Waals surface area contributed by atoms with E-state index in [2.05, 4.69) is 18.6 Å². The average molecular weight is 481 g/mol. The maximum Gasteiger partial charge on any atom is 0.511 e. The molecular weight excluding hydrogens is 432 g/mol. The molecule has 0 aliphatic rings. The SMILES string of the molecule is CCCCCCCCOC(CCCCc1cccc(OC(=O)O)c1O)OCCCCCCCC. The number of aromatic hydroxyl groups is 1. The number of ether oxygens (including phenoxy) is 3. The van der Waals surface area contributed by atoms with Crippen LogP contribution in [0.1, 0.15) is 116 Å². The predicted molar refractivity (Wildman–Crippen MR) is 137 cm³/mol. The highest BCUT2D eigenvalue weighted by atomic mass is 16.7. The predicted octanol–water partition coefficient (Wildman–Crippen LogP) is 8.24. The third-order valence-electron chi connectivity index (χ3n) is 6.02. The maximum atomic E-state index is 10.8. The first kappa shape index (κ1) is 30.2. The molecule has 0 unspecified atom stereocenters. The number of carboxylic acid groups (broad SMARTS) is 1. The number of carbonyl (C=O) groups is 1. The molecule has 0 aromatic heterocycles. The number of para-hydroxylation sites is 1. The van der Waals surface area contributed by atoms with E-state index in [1.807, 2.05) is 0 Å². The first-order chi connectivity index (χ1) is 16.6. The van der Waals surface area contributed by atoms with Crippen molar-refractivity contribution in [2.45, 2.75) is 123 Å². The van der Waals surface area contributed by atoms with E-state index in [1.54, 1.807) is 12.1 Å². The van der Waals surface area contributed by atoms with E-state index in [1.165, 1.54) is 70.3 Å². The lowest BCUT2D eigenvalue weighted by Crippen LogP contribution is -2.19. The van der Waals surface area contributed by atoms with E-state index in [9.17, 15) is 9.90 Å². The Balaban J connectivity index is 2.37. The van der Waals surface area contributed by atoms with Crippen molar-refractivity contribution in [2.24, 2.45) is 0 Å². The Labute approximate surface area is 207 Å². The molecule has 34 heavy (non-hydrogen) atoms. The van der Waals surface area contributed by atoms with Crippen molar-refractivity contribution in [3.05, 3.63) is 23.8 Å². The minimum Gasteiger partial charge on any atom is -0.504 e. The van der Waals surface area contributed by atoms with Crippen LogP contribution < -0.4 is 4.74 Å². The largest absolute Gasteiger partial charge is 0.511 e. The minimum atomic E-state index is -1.43. The van der Waals surface area contributed by atoms with Crippen LogP contribution in [0.25, 0.3) is 0 Å². The summed E-state index contributed by atoms with van der Waals surface area (Å²) < 4.78 is 16.8. The number of hydrogen-bond acceptors (Lipinski definition) is 5. The Morgan fingerprint density at radius 2 is 1.35 bits per heavy atom. The van der Waals surface area contributed by atoms with Crippen LogP contribution in [0, 0.1) is 0 Å². The van der Waals surface area contributed by atoms with Gasteiger partial charge in [-0.2, -0.15) is 0 Å². The maximum absolute atomic E-state index is 10.8. The molecule has 0 atom stereocenters. The fourth-order valence-electron chi connectivity index (χ4n) is 3.98. The van der Waals surface area contributed by atoms with E-state index in [0.29, 0.717) is 12.0 Å². The monoisotopic (exact) mass is 480 g/mol. The van der Waals surface area contributed by atoms with Crippen LogP contribution in [0.4, 0.5) is 4.79 Å². The summed E-state index contributed by atoms with van der Waals surface area (Å²) in [6.45, 7) is 5.94. The highest BCUT2D eigenvalue weighted by molar-refractivity contribution is 5.63. The van der Waals surface area contributed by atoms with Crippen LogP contribution in [-0.2, 0) is 15.9 Å². The third kappa shape index (κ3) is 15.2. The molecule has 0 bridgehead atoms. The Hall–Kier alpha value is -1.79. The summed E-state index contributed by atoms with van der Waals surface area (Å²) in [5.41, 5.74) is 0.691. The van der Waals surface area contributed by atoms with Crippen LogP contribution in [0.2, 0.25) is 0 Å². The number of benzene rings is 1. The Bertz CT molecular complexity index is 615. The molecule has 0 aliphatic heterocycles. The van der Waals surface area contributed by atoms with Gasteiger partial charge in [0.05, 0.1) is 0 Å². The minimum absolute atomic E-state index is 0.0209. The summed E-state index contributed by atoms with van der Waals surface area (Å²) in [5.74, 6) is -0.118. The van der Waals surface area contributed by atoms with Gasteiger partial charge in [0.15, 0.2) is 17.8 Å². The molecule has 1 aromatic rings. The number of aryl methyl sites for hydroxylation is 1. The Morgan fingerprint density at radius 1 is 0.794 bits per heavy atom. The highest BCUT2D eigenvalue weighted by Gasteiger charge is 2.13. The lowest BCUT2D eigenvalue weighted by molar-refractivity contribution is -0.148. The zero-order valence-corrected chi connectivity index (χ0v) is 21.6. The summed E-state index contributed by atoms with van der Waals surface area (Å²) in [5, 5.41) is 19.0. The molecule has 1 rings (SSSR count). The van der Waals surface area contributed by atoms with E-state index in [4.69, 9.17) is 14.6 Å². The highest BCUT2D eigenvalue weighted by Crippen LogP contribution is 2.31. The van der Waals surface area contributed by atoms with Gasteiger partial charge >= 0.3 is 6.16 Å². The molecule has 1 aromatic carbocycles. The van der Waals surface area contributed by atoms with Gasteiger partial charge in [-0.05, 0) is 50.2 Å². The molecule has 0 fully saturated rings. The first-order valence-corrected chi connectivity index (χ1v) is 13.5. The van der Waals surface area contributed by atoms with Gasteiger partial charge in [0.25, 0.3) is 0 Å². The smallest absolute Gasteiger partial charge is 0.504 e.